The number of aliphatic hydroxyl groups is 1. The molecular weight excluding hydrogens is 264 g/mol. The minimum Gasteiger partial charge on any atom is -0.389 e. The van der Waals surface area contributed by atoms with E-state index in [0.717, 1.165) is 64.2 Å². The lowest BCUT2D eigenvalue weighted by atomic mass is 9.94. The number of imidazole rings is 1. The standard InChI is InChI=1S/C16H30N4O/c1-4-9-20-12-8-17-15(20)13-19-10-5-6-16(21,7-11-19)14-18(2)3/h8,12,21H,4-7,9-11,13-14H2,1-3H3. The molecule has 21 heavy (non-hydrogen) atoms. The summed E-state index contributed by atoms with van der Waals surface area (Å²) in [6, 6.07) is 0. The lowest BCUT2D eigenvalue weighted by molar-refractivity contribution is 0.00251. The maximum absolute atomic E-state index is 10.7. The van der Waals surface area contributed by atoms with E-state index in [1.807, 2.05) is 20.3 Å². The van der Waals surface area contributed by atoms with E-state index < -0.39 is 5.60 Å². The fraction of sp³-hybridized carbons (Fsp3) is 0.812. The Kier molecular flexibility index (Phi) is 5.79. The van der Waals surface area contributed by atoms with Crippen molar-refractivity contribution < 1.29 is 5.11 Å². The summed E-state index contributed by atoms with van der Waals surface area (Å²) in [4.78, 5) is 9.01. The van der Waals surface area contributed by atoms with Gasteiger partial charge in [0, 0.05) is 32.0 Å². The van der Waals surface area contributed by atoms with Gasteiger partial charge in [0.1, 0.15) is 5.82 Å². The van der Waals surface area contributed by atoms with Crippen molar-refractivity contribution in [1.29, 1.82) is 0 Å². The number of hydrogen-bond acceptors (Lipinski definition) is 4. The van der Waals surface area contributed by atoms with Crippen LogP contribution in [0.1, 0.15) is 38.4 Å². The van der Waals surface area contributed by atoms with Gasteiger partial charge >= 0.3 is 0 Å². The van der Waals surface area contributed by atoms with Crippen LogP contribution in [0.25, 0.3) is 0 Å². The molecule has 0 bridgehead atoms. The van der Waals surface area contributed by atoms with Gasteiger partial charge in [0.25, 0.3) is 0 Å². The fourth-order valence-corrected chi connectivity index (χ4v) is 3.28. The molecule has 1 aromatic heterocycles. The van der Waals surface area contributed by atoms with E-state index >= 15 is 0 Å². The average Bonchev–Trinajstić information content (AvgIpc) is 2.74. The lowest BCUT2D eigenvalue weighted by Crippen LogP contribution is -2.41. The molecule has 1 aromatic rings. The third-order valence-electron chi connectivity index (χ3n) is 4.25. The highest BCUT2D eigenvalue weighted by molar-refractivity contribution is 4.94. The van der Waals surface area contributed by atoms with E-state index in [0.29, 0.717) is 0 Å². The van der Waals surface area contributed by atoms with Crippen LogP contribution < -0.4 is 0 Å². The zero-order valence-corrected chi connectivity index (χ0v) is 13.8. The van der Waals surface area contributed by atoms with Crippen molar-refractivity contribution in [2.45, 2.75) is 51.3 Å². The number of aromatic nitrogens is 2. The van der Waals surface area contributed by atoms with Gasteiger partial charge in [-0.05, 0) is 46.3 Å². The molecule has 0 aliphatic carbocycles. The summed E-state index contributed by atoms with van der Waals surface area (Å²) in [5, 5.41) is 10.7. The van der Waals surface area contributed by atoms with Crippen LogP contribution in [-0.4, -0.2) is 63.8 Å². The monoisotopic (exact) mass is 294 g/mol. The van der Waals surface area contributed by atoms with E-state index in [1.165, 1.54) is 0 Å². The third kappa shape index (κ3) is 4.80. The summed E-state index contributed by atoms with van der Waals surface area (Å²) in [5.74, 6) is 1.15. The topological polar surface area (TPSA) is 44.5 Å². The molecule has 2 heterocycles. The van der Waals surface area contributed by atoms with Gasteiger partial charge < -0.3 is 14.6 Å². The second kappa shape index (κ2) is 7.38. The molecule has 1 saturated heterocycles. The molecule has 1 atom stereocenters. The molecular formula is C16H30N4O. The predicted octanol–water partition coefficient (Wildman–Crippen LogP) is 1.57. The van der Waals surface area contributed by atoms with Crippen molar-refractivity contribution >= 4 is 0 Å². The Balaban J connectivity index is 1.92. The van der Waals surface area contributed by atoms with Gasteiger partial charge in [0.15, 0.2) is 0 Å². The van der Waals surface area contributed by atoms with Crippen molar-refractivity contribution in [1.82, 2.24) is 19.4 Å². The Bertz CT molecular complexity index is 432. The quantitative estimate of drug-likeness (QED) is 0.865. The van der Waals surface area contributed by atoms with Crippen molar-refractivity contribution in [2.24, 2.45) is 0 Å². The first-order valence-corrected chi connectivity index (χ1v) is 8.12. The molecule has 0 aromatic carbocycles. The van der Waals surface area contributed by atoms with Crippen LogP contribution in [-0.2, 0) is 13.1 Å². The Hall–Kier alpha value is -0.910. The van der Waals surface area contributed by atoms with Crippen LogP contribution in [0.3, 0.4) is 0 Å². The number of aryl methyl sites for hydroxylation is 1. The smallest absolute Gasteiger partial charge is 0.122 e. The number of rotatable bonds is 6. The maximum atomic E-state index is 10.7. The largest absolute Gasteiger partial charge is 0.389 e. The maximum Gasteiger partial charge on any atom is 0.122 e. The SMILES string of the molecule is CCCn1ccnc1CN1CCCC(O)(CN(C)C)CC1. The summed E-state index contributed by atoms with van der Waals surface area (Å²) >= 11 is 0. The van der Waals surface area contributed by atoms with Gasteiger partial charge in [0.05, 0.1) is 12.1 Å². The van der Waals surface area contributed by atoms with Crippen LogP contribution in [0.2, 0.25) is 0 Å². The fourth-order valence-electron chi connectivity index (χ4n) is 3.28. The molecule has 0 spiro atoms. The van der Waals surface area contributed by atoms with E-state index in [2.05, 4.69) is 32.5 Å². The normalized spacial score (nSPS) is 24.4. The summed E-state index contributed by atoms with van der Waals surface area (Å²) in [6.07, 6.45) is 7.89. The summed E-state index contributed by atoms with van der Waals surface area (Å²) in [7, 11) is 4.06. The highest BCUT2D eigenvalue weighted by Gasteiger charge is 2.30. The zero-order chi connectivity index (χ0) is 15.3. The van der Waals surface area contributed by atoms with Crippen molar-refractivity contribution in [3.63, 3.8) is 0 Å². The first-order chi connectivity index (χ1) is 10.0. The summed E-state index contributed by atoms with van der Waals surface area (Å²) in [6.45, 7) is 6.87. The molecule has 1 aliphatic rings. The summed E-state index contributed by atoms with van der Waals surface area (Å²) in [5.41, 5.74) is -0.531. The van der Waals surface area contributed by atoms with Gasteiger partial charge in [-0.25, -0.2) is 4.98 Å². The van der Waals surface area contributed by atoms with Crippen LogP contribution in [0.4, 0.5) is 0 Å². The van der Waals surface area contributed by atoms with Crippen LogP contribution >= 0.6 is 0 Å². The van der Waals surface area contributed by atoms with E-state index in [-0.39, 0.29) is 0 Å². The first kappa shape index (κ1) is 16.5. The molecule has 0 saturated carbocycles. The van der Waals surface area contributed by atoms with Crippen molar-refractivity contribution in [2.75, 3.05) is 33.7 Å². The molecule has 5 nitrogen and oxygen atoms in total. The van der Waals surface area contributed by atoms with Crippen LogP contribution in [0.5, 0.6) is 0 Å². The minimum atomic E-state index is -0.531. The van der Waals surface area contributed by atoms with E-state index in [4.69, 9.17) is 0 Å². The van der Waals surface area contributed by atoms with Gasteiger partial charge in [-0.3, -0.25) is 4.90 Å². The molecule has 2 rings (SSSR count). The zero-order valence-electron chi connectivity index (χ0n) is 13.8. The predicted molar refractivity (Wildman–Crippen MR) is 85.1 cm³/mol. The summed E-state index contributed by atoms with van der Waals surface area (Å²) < 4.78 is 2.25. The van der Waals surface area contributed by atoms with Crippen molar-refractivity contribution in [3.05, 3.63) is 18.2 Å². The molecule has 1 aliphatic heterocycles. The molecule has 1 N–H and O–H groups in total. The molecule has 1 fully saturated rings. The Labute approximate surface area is 128 Å². The Morgan fingerprint density at radius 1 is 1.33 bits per heavy atom. The Morgan fingerprint density at radius 2 is 2.14 bits per heavy atom. The molecule has 1 unspecified atom stereocenters. The molecule has 120 valence electrons. The van der Waals surface area contributed by atoms with Crippen molar-refractivity contribution in [3.8, 4) is 0 Å². The number of hydrogen-bond donors (Lipinski definition) is 1. The third-order valence-corrected chi connectivity index (χ3v) is 4.25. The molecule has 0 radical (unpaired) electrons. The van der Waals surface area contributed by atoms with E-state index in [1.54, 1.807) is 0 Å². The second-order valence-electron chi connectivity index (χ2n) is 6.63. The van der Waals surface area contributed by atoms with Gasteiger partial charge in [0.2, 0.25) is 0 Å². The highest BCUT2D eigenvalue weighted by Crippen LogP contribution is 2.23. The van der Waals surface area contributed by atoms with Gasteiger partial charge in [-0.1, -0.05) is 6.92 Å². The first-order valence-electron chi connectivity index (χ1n) is 8.12. The Morgan fingerprint density at radius 3 is 2.86 bits per heavy atom. The molecule has 0 amide bonds. The molecule has 5 heteroatoms. The number of likely N-dealkylation sites (N-methyl/N-ethyl adjacent to an activating group) is 1. The van der Waals surface area contributed by atoms with Crippen LogP contribution in [0.15, 0.2) is 12.4 Å². The average molecular weight is 294 g/mol. The number of likely N-dealkylation sites (tertiary alicyclic amines) is 1. The van der Waals surface area contributed by atoms with Gasteiger partial charge in [-0.15, -0.1) is 0 Å². The van der Waals surface area contributed by atoms with E-state index in [9.17, 15) is 5.11 Å². The van der Waals surface area contributed by atoms with Crippen LogP contribution in [0, 0.1) is 0 Å². The highest BCUT2D eigenvalue weighted by atomic mass is 16.3. The minimum absolute atomic E-state index is 0.531. The lowest BCUT2D eigenvalue weighted by Gasteiger charge is -2.30. The second-order valence-corrected chi connectivity index (χ2v) is 6.63. The number of nitrogens with zero attached hydrogens (tertiary/aromatic N) is 4. The van der Waals surface area contributed by atoms with Gasteiger partial charge in [-0.2, -0.15) is 0 Å².